The second kappa shape index (κ2) is 3.92. The Kier molecular flexibility index (Phi) is 2.40. The average molecular weight is 289 g/mol. The third-order valence-electron chi connectivity index (χ3n) is 2.60. The molecule has 0 atom stereocenters. The Morgan fingerprint density at radius 1 is 1.24 bits per heavy atom. The number of H-pyrrole nitrogens is 1. The maximum atomic E-state index is 4.42. The van der Waals surface area contributed by atoms with Crippen molar-refractivity contribution in [2.75, 3.05) is 0 Å². The van der Waals surface area contributed by atoms with Crippen LogP contribution in [0.1, 0.15) is 5.56 Å². The number of hydrogen-bond acceptors (Lipinski definition) is 3. The lowest BCUT2D eigenvalue weighted by atomic mass is 10.1. The van der Waals surface area contributed by atoms with Gasteiger partial charge in [-0.2, -0.15) is 5.10 Å². The van der Waals surface area contributed by atoms with Crippen LogP contribution in [-0.2, 0) is 0 Å². The Morgan fingerprint density at radius 2 is 2.12 bits per heavy atom. The van der Waals surface area contributed by atoms with Crippen molar-refractivity contribution in [3.63, 3.8) is 0 Å². The van der Waals surface area contributed by atoms with Crippen molar-refractivity contribution in [1.82, 2.24) is 20.2 Å². The van der Waals surface area contributed by atoms with E-state index in [0.717, 1.165) is 22.2 Å². The third kappa shape index (κ3) is 1.82. The highest BCUT2D eigenvalue weighted by molar-refractivity contribution is 9.10. The van der Waals surface area contributed by atoms with Crippen LogP contribution in [0, 0.1) is 6.92 Å². The van der Waals surface area contributed by atoms with Gasteiger partial charge in [-0.15, -0.1) is 0 Å². The molecule has 0 aliphatic carbocycles. The van der Waals surface area contributed by atoms with E-state index >= 15 is 0 Å². The molecular weight excluding hydrogens is 280 g/mol. The quantitative estimate of drug-likeness (QED) is 0.700. The van der Waals surface area contributed by atoms with Crippen LogP contribution in [0.5, 0.6) is 0 Å². The highest BCUT2D eigenvalue weighted by atomic mass is 79.9. The molecule has 0 spiro atoms. The minimum Gasteiger partial charge on any atom is -0.285 e. The predicted octanol–water partition coefficient (Wildman–Crippen LogP) is 3.09. The van der Waals surface area contributed by atoms with Crippen molar-refractivity contribution in [2.45, 2.75) is 6.92 Å². The molecule has 0 unspecified atom stereocenters. The summed E-state index contributed by atoms with van der Waals surface area (Å²) in [6.07, 6.45) is 3.59. The first kappa shape index (κ1) is 10.4. The monoisotopic (exact) mass is 288 g/mol. The summed E-state index contributed by atoms with van der Waals surface area (Å²) >= 11 is 3.34. The minimum atomic E-state index is 0.590. The molecule has 4 nitrogen and oxygen atoms in total. The summed E-state index contributed by atoms with van der Waals surface area (Å²) in [4.78, 5) is 8.80. The Bertz CT molecular complexity index is 671. The first-order valence-electron chi connectivity index (χ1n) is 5.17. The van der Waals surface area contributed by atoms with Gasteiger partial charge in [-0.25, -0.2) is 9.97 Å². The zero-order valence-electron chi connectivity index (χ0n) is 9.11. The number of nitrogens with one attached hydrogen (secondary N) is 1. The van der Waals surface area contributed by atoms with Gasteiger partial charge in [-0.1, -0.05) is 12.1 Å². The fourth-order valence-corrected chi connectivity index (χ4v) is 2.18. The Hall–Kier alpha value is -1.75. The molecule has 0 saturated heterocycles. The van der Waals surface area contributed by atoms with Crippen molar-refractivity contribution in [1.29, 1.82) is 0 Å². The highest BCUT2D eigenvalue weighted by Gasteiger charge is 2.09. The second-order valence-electron chi connectivity index (χ2n) is 3.85. The molecule has 3 aromatic rings. The number of aryl methyl sites for hydroxylation is 1. The summed E-state index contributed by atoms with van der Waals surface area (Å²) in [5, 5.41) is 7.78. The molecule has 0 aliphatic rings. The summed E-state index contributed by atoms with van der Waals surface area (Å²) in [5.41, 5.74) is 3.96. The van der Waals surface area contributed by atoms with E-state index in [-0.39, 0.29) is 0 Å². The summed E-state index contributed by atoms with van der Waals surface area (Å²) < 4.78 is 0.590. The molecule has 3 rings (SSSR count). The van der Waals surface area contributed by atoms with Gasteiger partial charge < -0.3 is 0 Å². The normalized spacial score (nSPS) is 10.9. The lowest BCUT2D eigenvalue weighted by molar-refractivity contribution is 1.09. The van der Waals surface area contributed by atoms with Crippen LogP contribution >= 0.6 is 15.9 Å². The van der Waals surface area contributed by atoms with E-state index in [9.17, 15) is 0 Å². The maximum absolute atomic E-state index is 4.42. The van der Waals surface area contributed by atoms with Gasteiger partial charge in [0.2, 0.25) is 0 Å². The van der Waals surface area contributed by atoms with Gasteiger partial charge in [-0.05, 0) is 34.5 Å². The third-order valence-corrected chi connectivity index (χ3v) is 2.95. The number of nitrogens with zero attached hydrogens (tertiary/aromatic N) is 3. The number of aromatic nitrogens is 4. The Morgan fingerprint density at radius 3 is 2.88 bits per heavy atom. The molecule has 0 amide bonds. The summed E-state index contributed by atoms with van der Waals surface area (Å²) in [6.45, 7) is 2.05. The van der Waals surface area contributed by atoms with E-state index in [1.54, 1.807) is 6.20 Å². The molecule has 0 bridgehead atoms. The van der Waals surface area contributed by atoms with E-state index in [1.807, 2.05) is 25.3 Å². The van der Waals surface area contributed by atoms with Gasteiger partial charge in [-0.3, -0.25) is 5.10 Å². The molecule has 0 radical (unpaired) electrons. The van der Waals surface area contributed by atoms with Gasteiger partial charge in [0.15, 0.2) is 4.73 Å². The first-order valence-corrected chi connectivity index (χ1v) is 5.96. The van der Waals surface area contributed by atoms with Gasteiger partial charge in [0, 0.05) is 17.1 Å². The van der Waals surface area contributed by atoms with Crippen LogP contribution in [-0.4, -0.2) is 20.2 Å². The molecule has 84 valence electrons. The number of fused-ring (bicyclic) bond motifs is 1. The average Bonchev–Trinajstić information content (AvgIpc) is 2.80. The molecule has 17 heavy (non-hydrogen) atoms. The lowest BCUT2D eigenvalue weighted by Gasteiger charge is -2.04. The SMILES string of the molecule is Cc1ccc2c(-c3cn[nH]c3)nc(Br)nc2c1. The van der Waals surface area contributed by atoms with E-state index in [4.69, 9.17) is 0 Å². The van der Waals surface area contributed by atoms with Gasteiger partial charge in [0.05, 0.1) is 17.4 Å². The smallest absolute Gasteiger partial charge is 0.197 e. The van der Waals surface area contributed by atoms with Crippen LogP contribution in [0.4, 0.5) is 0 Å². The van der Waals surface area contributed by atoms with Crippen molar-refractivity contribution in [2.24, 2.45) is 0 Å². The van der Waals surface area contributed by atoms with Gasteiger partial charge in [0.1, 0.15) is 0 Å². The zero-order valence-corrected chi connectivity index (χ0v) is 10.7. The number of halogens is 1. The van der Waals surface area contributed by atoms with Crippen LogP contribution in [0.15, 0.2) is 35.3 Å². The van der Waals surface area contributed by atoms with E-state index in [2.05, 4.69) is 42.2 Å². The van der Waals surface area contributed by atoms with Crippen LogP contribution in [0.2, 0.25) is 0 Å². The molecule has 2 aromatic heterocycles. The molecule has 0 fully saturated rings. The van der Waals surface area contributed by atoms with Crippen molar-refractivity contribution in [3.8, 4) is 11.3 Å². The molecule has 0 aliphatic heterocycles. The molecule has 1 aromatic carbocycles. The first-order chi connectivity index (χ1) is 8.24. The van der Waals surface area contributed by atoms with E-state index in [0.29, 0.717) is 4.73 Å². The molecule has 0 saturated carbocycles. The van der Waals surface area contributed by atoms with E-state index < -0.39 is 0 Å². The topological polar surface area (TPSA) is 54.5 Å². The van der Waals surface area contributed by atoms with Crippen molar-refractivity contribution in [3.05, 3.63) is 40.9 Å². The summed E-state index contributed by atoms with van der Waals surface area (Å²) in [7, 11) is 0. The van der Waals surface area contributed by atoms with Crippen molar-refractivity contribution >= 4 is 26.8 Å². The number of benzene rings is 1. The second-order valence-corrected chi connectivity index (χ2v) is 4.56. The summed E-state index contributed by atoms with van der Waals surface area (Å²) in [6, 6.07) is 6.15. The fraction of sp³-hybridized carbons (Fsp3) is 0.0833. The van der Waals surface area contributed by atoms with E-state index in [1.165, 1.54) is 5.56 Å². The Labute approximate surface area is 106 Å². The molecule has 2 heterocycles. The van der Waals surface area contributed by atoms with Gasteiger partial charge >= 0.3 is 0 Å². The number of hydrogen-bond donors (Lipinski definition) is 1. The minimum absolute atomic E-state index is 0.590. The highest BCUT2D eigenvalue weighted by Crippen LogP contribution is 2.27. The molecular formula is C12H9BrN4. The van der Waals surface area contributed by atoms with Crippen LogP contribution in [0.3, 0.4) is 0 Å². The predicted molar refractivity (Wildman–Crippen MR) is 69.6 cm³/mol. The van der Waals surface area contributed by atoms with Crippen LogP contribution < -0.4 is 0 Å². The zero-order chi connectivity index (χ0) is 11.8. The molecule has 5 heteroatoms. The lowest BCUT2D eigenvalue weighted by Crippen LogP contribution is -1.91. The standard InChI is InChI=1S/C12H9BrN4/c1-7-2-3-9-10(4-7)16-12(13)17-11(9)8-5-14-15-6-8/h2-6H,1H3,(H,14,15). The summed E-state index contributed by atoms with van der Waals surface area (Å²) in [5.74, 6) is 0. The van der Waals surface area contributed by atoms with Gasteiger partial charge in [0.25, 0.3) is 0 Å². The van der Waals surface area contributed by atoms with Crippen LogP contribution in [0.25, 0.3) is 22.2 Å². The maximum Gasteiger partial charge on any atom is 0.197 e. The fourth-order valence-electron chi connectivity index (χ4n) is 1.81. The van der Waals surface area contributed by atoms with Crippen molar-refractivity contribution < 1.29 is 0 Å². The largest absolute Gasteiger partial charge is 0.285 e. The Balaban J connectivity index is 2.38. The number of rotatable bonds is 1. The number of aromatic amines is 1. The molecule has 1 N–H and O–H groups in total.